The van der Waals surface area contributed by atoms with Gasteiger partial charge in [-0.25, -0.2) is 0 Å². The molecule has 0 spiro atoms. The molecule has 1 aromatic carbocycles. The molecule has 2 N–H and O–H groups in total. The van der Waals surface area contributed by atoms with E-state index in [9.17, 15) is 9.59 Å². The van der Waals surface area contributed by atoms with Gasteiger partial charge in [-0.15, -0.1) is 0 Å². The van der Waals surface area contributed by atoms with Crippen molar-refractivity contribution in [3.8, 4) is 5.75 Å². The van der Waals surface area contributed by atoms with Crippen molar-refractivity contribution < 1.29 is 18.7 Å². The average Bonchev–Trinajstić information content (AvgIpc) is 3.03. The minimum atomic E-state index is -0.480. The summed E-state index contributed by atoms with van der Waals surface area (Å²) in [6, 6.07) is 8.93. The molecule has 120 valence electrons. The number of hydrogen-bond acceptors (Lipinski definition) is 4. The Morgan fingerprint density at radius 3 is 2.83 bits per heavy atom. The summed E-state index contributed by atoms with van der Waals surface area (Å²) < 4.78 is 11.2. The van der Waals surface area contributed by atoms with Crippen molar-refractivity contribution in [3.63, 3.8) is 0 Å². The highest BCUT2D eigenvalue weighted by Crippen LogP contribution is 2.25. The van der Waals surface area contributed by atoms with E-state index in [0.29, 0.717) is 11.5 Å². The maximum atomic E-state index is 11.6. The highest BCUT2D eigenvalue weighted by atomic mass is 79.9. The van der Waals surface area contributed by atoms with E-state index in [-0.39, 0.29) is 6.61 Å². The van der Waals surface area contributed by atoms with Crippen LogP contribution in [0.4, 0.5) is 0 Å². The summed E-state index contributed by atoms with van der Waals surface area (Å²) in [5.41, 5.74) is 5.57. The molecule has 0 bridgehead atoms. The van der Waals surface area contributed by atoms with Gasteiger partial charge in [-0.2, -0.15) is 0 Å². The first-order valence-electron chi connectivity index (χ1n) is 6.74. The lowest BCUT2D eigenvalue weighted by molar-refractivity contribution is -0.128. The zero-order valence-corrected chi connectivity index (χ0v) is 13.9. The summed E-state index contributed by atoms with van der Waals surface area (Å²) in [5, 5.41) is 0. The number of benzene rings is 1. The van der Waals surface area contributed by atoms with E-state index in [4.69, 9.17) is 9.15 Å². The lowest BCUT2D eigenvalue weighted by atomic mass is 10.2. The van der Waals surface area contributed by atoms with Crippen LogP contribution in [0.5, 0.6) is 5.75 Å². The third kappa shape index (κ3) is 5.63. The first kappa shape index (κ1) is 16.8. The monoisotopic (exact) mass is 378 g/mol. The Morgan fingerprint density at radius 2 is 2.13 bits per heavy atom. The molecule has 0 unspecified atom stereocenters. The topological polar surface area (TPSA) is 80.6 Å². The normalized spacial score (nSPS) is 10.5. The molecule has 2 amide bonds. The molecule has 1 heterocycles. The van der Waals surface area contributed by atoms with Crippen LogP contribution in [0, 0.1) is 6.92 Å². The SMILES string of the molecule is Cc1ccc(OCC(=O)NNC(=O)C=Cc2ccco2)c(Br)c1. The van der Waals surface area contributed by atoms with Crippen molar-refractivity contribution >= 4 is 33.8 Å². The van der Waals surface area contributed by atoms with E-state index in [1.54, 1.807) is 18.2 Å². The number of amides is 2. The predicted molar refractivity (Wildman–Crippen MR) is 88.4 cm³/mol. The van der Waals surface area contributed by atoms with Gasteiger partial charge in [0.25, 0.3) is 11.8 Å². The molecule has 0 aliphatic carbocycles. The first-order valence-corrected chi connectivity index (χ1v) is 7.53. The largest absolute Gasteiger partial charge is 0.483 e. The molecule has 6 nitrogen and oxygen atoms in total. The van der Waals surface area contributed by atoms with Crippen molar-refractivity contribution in [1.29, 1.82) is 0 Å². The number of hydrogen-bond donors (Lipinski definition) is 2. The van der Waals surface area contributed by atoms with Crippen LogP contribution in [0.2, 0.25) is 0 Å². The van der Waals surface area contributed by atoms with Gasteiger partial charge in [-0.3, -0.25) is 20.4 Å². The second-order valence-electron chi connectivity index (χ2n) is 4.61. The van der Waals surface area contributed by atoms with E-state index in [1.165, 1.54) is 18.4 Å². The zero-order chi connectivity index (χ0) is 16.7. The van der Waals surface area contributed by atoms with Gasteiger partial charge in [-0.05, 0) is 58.8 Å². The number of aryl methyl sites for hydroxylation is 1. The minimum absolute atomic E-state index is 0.218. The number of carbonyl (C=O) groups excluding carboxylic acids is 2. The lowest BCUT2D eigenvalue weighted by Crippen LogP contribution is -2.43. The summed E-state index contributed by atoms with van der Waals surface area (Å²) in [6.07, 6.45) is 4.23. The van der Waals surface area contributed by atoms with Gasteiger partial charge < -0.3 is 9.15 Å². The lowest BCUT2D eigenvalue weighted by Gasteiger charge is -2.09. The van der Waals surface area contributed by atoms with Crippen molar-refractivity contribution in [2.24, 2.45) is 0 Å². The van der Waals surface area contributed by atoms with Gasteiger partial charge >= 0.3 is 0 Å². The maximum Gasteiger partial charge on any atom is 0.276 e. The molecular weight excluding hydrogens is 364 g/mol. The number of hydrazine groups is 1. The number of furan rings is 1. The number of halogens is 1. The summed E-state index contributed by atoms with van der Waals surface area (Å²) in [6.45, 7) is 1.73. The van der Waals surface area contributed by atoms with Crippen molar-refractivity contribution in [3.05, 3.63) is 58.5 Å². The van der Waals surface area contributed by atoms with Gasteiger partial charge in [0.05, 0.1) is 10.7 Å². The maximum absolute atomic E-state index is 11.6. The number of rotatable bonds is 5. The molecule has 0 aliphatic heterocycles. The van der Waals surface area contributed by atoms with Crippen molar-refractivity contribution in [2.75, 3.05) is 6.61 Å². The number of ether oxygens (including phenoxy) is 1. The van der Waals surface area contributed by atoms with Crippen LogP contribution in [0.15, 0.2) is 51.6 Å². The molecular formula is C16H15BrN2O4. The third-order valence-electron chi connectivity index (χ3n) is 2.71. The molecule has 0 saturated heterocycles. The number of nitrogens with one attached hydrogen (secondary N) is 2. The van der Waals surface area contributed by atoms with Crippen LogP contribution in [-0.4, -0.2) is 18.4 Å². The molecule has 0 aliphatic rings. The van der Waals surface area contributed by atoms with Crippen LogP contribution in [-0.2, 0) is 9.59 Å². The molecule has 7 heteroatoms. The van der Waals surface area contributed by atoms with E-state index < -0.39 is 11.8 Å². The van der Waals surface area contributed by atoms with E-state index in [0.717, 1.165) is 10.0 Å². The molecule has 0 radical (unpaired) electrons. The molecule has 2 aromatic rings. The highest BCUT2D eigenvalue weighted by Gasteiger charge is 2.06. The highest BCUT2D eigenvalue weighted by molar-refractivity contribution is 9.10. The fourth-order valence-corrected chi connectivity index (χ4v) is 2.23. The van der Waals surface area contributed by atoms with Crippen LogP contribution < -0.4 is 15.6 Å². The molecule has 23 heavy (non-hydrogen) atoms. The molecule has 0 atom stereocenters. The van der Waals surface area contributed by atoms with Gasteiger partial charge in [-0.1, -0.05) is 6.07 Å². The Bertz CT molecular complexity index is 711. The quantitative estimate of drug-likeness (QED) is 0.618. The zero-order valence-electron chi connectivity index (χ0n) is 12.3. The second kappa shape index (κ2) is 8.19. The second-order valence-corrected chi connectivity index (χ2v) is 5.46. The Balaban J connectivity index is 1.73. The fraction of sp³-hybridized carbons (Fsp3) is 0.125. The van der Waals surface area contributed by atoms with E-state index in [2.05, 4.69) is 26.8 Å². The van der Waals surface area contributed by atoms with Crippen LogP contribution in [0.3, 0.4) is 0 Å². The third-order valence-corrected chi connectivity index (χ3v) is 3.33. The smallest absolute Gasteiger partial charge is 0.276 e. The van der Waals surface area contributed by atoms with Gasteiger partial charge in [0.1, 0.15) is 11.5 Å². The predicted octanol–water partition coefficient (Wildman–Crippen LogP) is 2.59. The molecule has 0 saturated carbocycles. The Kier molecular flexibility index (Phi) is 5.99. The summed E-state index contributed by atoms with van der Waals surface area (Å²) in [4.78, 5) is 23.1. The van der Waals surface area contributed by atoms with Gasteiger partial charge in [0.2, 0.25) is 0 Å². The molecule has 2 rings (SSSR count). The summed E-state index contributed by atoms with van der Waals surface area (Å²) in [7, 11) is 0. The van der Waals surface area contributed by atoms with E-state index in [1.807, 2.05) is 19.1 Å². The first-order chi connectivity index (χ1) is 11.0. The Morgan fingerprint density at radius 1 is 1.30 bits per heavy atom. The summed E-state index contributed by atoms with van der Waals surface area (Å²) >= 11 is 3.35. The van der Waals surface area contributed by atoms with Crippen LogP contribution in [0.1, 0.15) is 11.3 Å². The Hall–Kier alpha value is -2.54. The minimum Gasteiger partial charge on any atom is -0.483 e. The molecule has 0 fully saturated rings. The van der Waals surface area contributed by atoms with Gasteiger partial charge in [0, 0.05) is 6.08 Å². The van der Waals surface area contributed by atoms with Crippen molar-refractivity contribution in [2.45, 2.75) is 6.92 Å². The van der Waals surface area contributed by atoms with Gasteiger partial charge in [0.15, 0.2) is 6.61 Å². The van der Waals surface area contributed by atoms with Crippen LogP contribution >= 0.6 is 15.9 Å². The van der Waals surface area contributed by atoms with Crippen LogP contribution in [0.25, 0.3) is 6.08 Å². The average molecular weight is 379 g/mol. The van der Waals surface area contributed by atoms with E-state index >= 15 is 0 Å². The standard InChI is InChI=1S/C16H15BrN2O4/c1-11-4-6-14(13(17)9-11)23-10-16(21)19-18-15(20)7-5-12-3-2-8-22-12/h2-9H,10H2,1H3,(H,18,20)(H,19,21). The fourth-order valence-electron chi connectivity index (χ4n) is 1.62. The molecule has 1 aromatic heterocycles. The number of carbonyl (C=O) groups is 2. The summed E-state index contributed by atoms with van der Waals surface area (Å²) in [5.74, 6) is 0.136. The Labute approximate surface area is 141 Å². The van der Waals surface area contributed by atoms with Crippen molar-refractivity contribution in [1.82, 2.24) is 10.9 Å².